The minimum absolute atomic E-state index is 0.0304. The number of aliphatic hydroxyl groups is 1. The first-order valence-electron chi connectivity index (χ1n) is 5.78. The van der Waals surface area contributed by atoms with Gasteiger partial charge >= 0.3 is 12.0 Å². The van der Waals surface area contributed by atoms with Gasteiger partial charge in [-0.15, -0.1) is 0 Å². The zero-order valence-corrected chi connectivity index (χ0v) is 10.9. The molecule has 2 amide bonds. The SMILES string of the molecule is CN(Cc1nccn1C)C(=O)NCCC(O)C(=O)O. The van der Waals surface area contributed by atoms with E-state index in [2.05, 4.69) is 10.3 Å². The largest absolute Gasteiger partial charge is 0.479 e. The monoisotopic (exact) mass is 270 g/mol. The van der Waals surface area contributed by atoms with Crippen LogP contribution in [-0.2, 0) is 18.4 Å². The molecule has 0 saturated heterocycles. The zero-order chi connectivity index (χ0) is 14.4. The van der Waals surface area contributed by atoms with Crippen LogP contribution < -0.4 is 5.32 Å². The highest BCUT2D eigenvalue weighted by Crippen LogP contribution is 1.99. The Labute approximate surface area is 110 Å². The molecule has 0 saturated carbocycles. The average Bonchev–Trinajstić information content (AvgIpc) is 2.74. The molecule has 0 radical (unpaired) electrons. The lowest BCUT2D eigenvalue weighted by atomic mass is 10.2. The smallest absolute Gasteiger partial charge is 0.332 e. The summed E-state index contributed by atoms with van der Waals surface area (Å²) >= 11 is 0. The van der Waals surface area contributed by atoms with Gasteiger partial charge in [0, 0.05) is 39.5 Å². The van der Waals surface area contributed by atoms with Gasteiger partial charge in [-0.25, -0.2) is 14.6 Å². The Morgan fingerprint density at radius 1 is 1.58 bits per heavy atom. The van der Waals surface area contributed by atoms with Crippen molar-refractivity contribution in [3.8, 4) is 0 Å². The third-order valence-corrected chi connectivity index (χ3v) is 2.63. The highest BCUT2D eigenvalue weighted by atomic mass is 16.4. The number of carbonyl (C=O) groups is 2. The molecule has 0 aliphatic carbocycles. The Kier molecular flexibility index (Phi) is 5.31. The Hall–Kier alpha value is -2.09. The summed E-state index contributed by atoms with van der Waals surface area (Å²) in [5, 5.41) is 20.0. The van der Waals surface area contributed by atoms with Gasteiger partial charge in [0.25, 0.3) is 0 Å². The van der Waals surface area contributed by atoms with E-state index in [0.29, 0.717) is 6.54 Å². The third kappa shape index (κ3) is 4.59. The predicted octanol–water partition coefficient (Wildman–Crippen LogP) is -0.603. The third-order valence-electron chi connectivity index (χ3n) is 2.63. The molecule has 0 aliphatic heterocycles. The van der Waals surface area contributed by atoms with E-state index in [1.165, 1.54) is 4.90 Å². The van der Waals surface area contributed by atoms with E-state index in [0.717, 1.165) is 5.82 Å². The van der Waals surface area contributed by atoms with Crippen LogP contribution in [-0.4, -0.2) is 56.4 Å². The van der Waals surface area contributed by atoms with Gasteiger partial charge in [0.05, 0.1) is 6.54 Å². The molecule has 0 fully saturated rings. The number of amides is 2. The number of nitrogens with one attached hydrogen (secondary N) is 1. The number of hydrogen-bond acceptors (Lipinski definition) is 4. The molecule has 0 aliphatic rings. The summed E-state index contributed by atoms with van der Waals surface area (Å²) < 4.78 is 1.80. The van der Waals surface area contributed by atoms with E-state index in [1.54, 1.807) is 24.0 Å². The first-order chi connectivity index (χ1) is 8.91. The predicted molar refractivity (Wildman–Crippen MR) is 66.3 cm³/mol. The molecule has 1 aromatic heterocycles. The lowest BCUT2D eigenvalue weighted by Gasteiger charge is -2.18. The lowest BCUT2D eigenvalue weighted by molar-refractivity contribution is -0.146. The van der Waals surface area contributed by atoms with Crippen molar-refractivity contribution in [2.24, 2.45) is 7.05 Å². The van der Waals surface area contributed by atoms with Crippen molar-refractivity contribution in [3.63, 3.8) is 0 Å². The van der Waals surface area contributed by atoms with Crippen LogP contribution in [0.4, 0.5) is 4.79 Å². The maximum Gasteiger partial charge on any atom is 0.332 e. The van der Waals surface area contributed by atoms with E-state index in [1.807, 2.05) is 7.05 Å². The Bertz CT molecular complexity index is 446. The number of aryl methyl sites for hydroxylation is 1. The minimum atomic E-state index is -1.46. The van der Waals surface area contributed by atoms with Crippen molar-refractivity contribution >= 4 is 12.0 Å². The molecule has 0 spiro atoms. The van der Waals surface area contributed by atoms with E-state index in [4.69, 9.17) is 10.2 Å². The number of aliphatic hydroxyl groups excluding tert-OH is 1. The molecule has 0 aromatic carbocycles. The number of carbonyl (C=O) groups excluding carboxylic acids is 1. The second-order valence-corrected chi connectivity index (χ2v) is 4.19. The number of aromatic nitrogens is 2. The second-order valence-electron chi connectivity index (χ2n) is 4.19. The van der Waals surface area contributed by atoms with Crippen molar-refractivity contribution in [1.82, 2.24) is 19.8 Å². The van der Waals surface area contributed by atoms with Crippen molar-refractivity contribution < 1.29 is 19.8 Å². The van der Waals surface area contributed by atoms with Crippen molar-refractivity contribution in [2.75, 3.05) is 13.6 Å². The van der Waals surface area contributed by atoms with Gasteiger partial charge in [0.2, 0.25) is 0 Å². The minimum Gasteiger partial charge on any atom is -0.479 e. The van der Waals surface area contributed by atoms with Gasteiger partial charge in [-0.2, -0.15) is 0 Å². The van der Waals surface area contributed by atoms with E-state index in [9.17, 15) is 9.59 Å². The highest BCUT2D eigenvalue weighted by Gasteiger charge is 2.15. The maximum absolute atomic E-state index is 11.7. The highest BCUT2D eigenvalue weighted by molar-refractivity contribution is 5.74. The zero-order valence-electron chi connectivity index (χ0n) is 10.9. The van der Waals surface area contributed by atoms with Gasteiger partial charge in [0.15, 0.2) is 6.10 Å². The molecule has 0 bridgehead atoms. The summed E-state index contributed by atoms with van der Waals surface area (Å²) in [6.07, 6.45) is 1.94. The normalized spacial score (nSPS) is 11.9. The van der Waals surface area contributed by atoms with Crippen molar-refractivity contribution in [3.05, 3.63) is 18.2 Å². The van der Waals surface area contributed by atoms with Crippen LogP contribution >= 0.6 is 0 Å². The molecule has 19 heavy (non-hydrogen) atoms. The summed E-state index contributed by atoms with van der Waals surface area (Å²) in [5.74, 6) is -0.557. The maximum atomic E-state index is 11.7. The molecular formula is C11H18N4O4. The molecule has 1 atom stereocenters. The molecule has 3 N–H and O–H groups in total. The Balaban J connectivity index is 2.33. The van der Waals surface area contributed by atoms with E-state index >= 15 is 0 Å². The summed E-state index contributed by atoms with van der Waals surface area (Å²) in [6, 6.07) is -0.347. The van der Waals surface area contributed by atoms with Gasteiger partial charge in [0.1, 0.15) is 5.82 Å². The number of imidazole rings is 1. The fourth-order valence-electron chi connectivity index (χ4n) is 1.41. The summed E-state index contributed by atoms with van der Waals surface area (Å²) in [6.45, 7) is 0.439. The fourth-order valence-corrected chi connectivity index (χ4v) is 1.41. The van der Waals surface area contributed by atoms with Crippen LogP contribution in [0.25, 0.3) is 0 Å². The van der Waals surface area contributed by atoms with Crippen LogP contribution in [0, 0.1) is 0 Å². The van der Waals surface area contributed by atoms with Gasteiger partial charge in [-0.1, -0.05) is 0 Å². The lowest BCUT2D eigenvalue weighted by Crippen LogP contribution is -2.39. The quantitative estimate of drug-likeness (QED) is 0.639. The molecule has 1 aromatic rings. The number of aliphatic carboxylic acids is 1. The van der Waals surface area contributed by atoms with Crippen molar-refractivity contribution in [1.29, 1.82) is 0 Å². The van der Waals surface area contributed by atoms with Crippen LogP contribution in [0.5, 0.6) is 0 Å². The number of carboxylic acids is 1. The number of rotatable bonds is 6. The van der Waals surface area contributed by atoms with Crippen LogP contribution in [0.15, 0.2) is 12.4 Å². The summed E-state index contributed by atoms with van der Waals surface area (Å²) in [5.41, 5.74) is 0. The molecule has 1 unspecified atom stereocenters. The number of carboxylic acid groups (broad SMARTS) is 1. The first-order valence-corrected chi connectivity index (χ1v) is 5.78. The van der Waals surface area contributed by atoms with Gasteiger partial charge in [-0.05, 0) is 0 Å². The Morgan fingerprint density at radius 2 is 2.26 bits per heavy atom. The first kappa shape index (κ1) is 15.0. The standard InChI is InChI=1S/C11H18N4O4/c1-14-6-5-12-9(14)7-15(2)11(19)13-4-3-8(16)10(17)18/h5-6,8,16H,3-4,7H2,1-2H3,(H,13,19)(H,17,18). The molecule has 8 heteroatoms. The van der Waals surface area contributed by atoms with Gasteiger partial charge < -0.3 is 25.0 Å². The molecule has 8 nitrogen and oxygen atoms in total. The fraction of sp³-hybridized carbons (Fsp3) is 0.545. The molecule has 1 rings (SSSR count). The molecule has 106 valence electrons. The van der Waals surface area contributed by atoms with Crippen LogP contribution in [0.2, 0.25) is 0 Å². The second kappa shape index (κ2) is 6.74. The molecule has 1 heterocycles. The van der Waals surface area contributed by atoms with Crippen molar-refractivity contribution in [2.45, 2.75) is 19.1 Å². The van der Waals surface area contributed by atoms with Gasteiger partial charge in [-0.3, -0.25) is 0 Å². The summed E-state index contributed by atoms with van der Waals surface area (Å²) in [7, 11) is 3.44. The molecular weight excluding hydrogens is 252 g/mol. The average molecular weight is 270 g/mol. The number of nitrogens with zero attached hydrogens (tertiary/aromatic N) is 3. The van der Waals surface area contributed by atoms with E-state index < -0.39 is 12.1 Å². The van der Waals surface area contributed by atoms with Crippen LogP contribution in [0.3, 0.4) is 0 Å². The number of urea groups is 1. The van der Waals surface area contributed by atoms with E-state index in [-0.39, 0.29) is 19.0 Å². The Morgan fingerprint density at radius 3 is 2.79 bits per heavy atom. The van der Waals surface area contributed by atoms with Crippen LogP contribution in [0.1, 0.15) is 12.2 Å². The number of hydrogen-bond donors (Lipinski definition) is 3. The summed E-state index contributed by atoms with van der Waals surface area (Å²) in [4.78, 5) is 27.6. The topological polar surface area (TPSA) is 108 Å².